The Morgan fingerprint density at radius 3 is 3.33 bits per heavy atom. The van der Waals surface area contributed by atoms with E-state index in [2.05, 4.69) is 14.5 Å². The first-order valence-electron chi connectivity index (χ1n) is 6.85. The molecule has 0 amide bonds. The van der Waals surface area contributed by atoms with Crippen molar-refractivity contribution in [2.45, 2.75) is 44.5 Å². The van der Waals surface area contributed by atoms with Crippen LogP contribution in [-0.4, -0.2) is 46.3 Å². The zero-order valence-electron chi connectivity index (χ0n) is 11.0. The molecule has 2 unspecified atom stereocenters. The Bertz CT molecular complexity index is 403. The van der Waals surface area contributed by atoms with E-state index in [1.165, 1.54) is 19.4 Å². The van der Waals surface area contributed by atoms with E-state index in [9.17, 15) is 0 Å². The summed E-state index contributed by atoms with van der Waals surface area (Å²) in [5, 5.41) is 0. The molecule has 0 aliphatic carbocycles. The second-order valence-corrected chi connectivity index (χ2v) is 5.51. The SMILES string of the molecule is C[C@@H](N)c1cncn1CC1CN2CCCC2CO1. The lowest BCUT2D eigenvalue weighted by molar-refractivity contribution is -0.0554. The second kappa shape index (κ2) is 4.99. The van der Waals surface area contributed by atoms with E-state index in [1.807, 2.05) is 19.4 Å². The van der Waals surface area contributed by atoms with Crippen molar-refractivity contribution in [3.05, 3.63) is 18.2 Å². The highest BCUT2D eigenvalue weighted by molar-refractivity contribution is 5.03. The first kappa shape index (κ1) is 12.1. The molecule has 3 heterocycles. The average Bonchev–Trinajstić information content (AvgIpc) is 2.96. The van der Waals surface area contributed by atoms with Gasteiger partial charge in [-0.3, -0.25) is 4.90 Å². The van der Waals surface area contributed by atoms with E-state index in [-0.39, 0.29) is 12.1 Å². The summed E-state index contributed by atoms with van der Waals surface area (Å²) in [6.07, 6.45) is 6.59. The third kappa shape index (κ3) is 2.30. The van der Waals surface area contributed by atoms with Gasteiger partial charge in [0.2, 0.25) is 0 Å². The van der Waals surface area contributed by atoms with Gasteiger partial charge in [-0.15, -0.1) is 0 Å². The Morgan fingerprint density at radius 1 is 1.61 bits per heavy atom. The molecule has 0 spiro atoms. The summed E-state index contributed by atoms with van der Waals surface area (Å²) < 4.78 is 8.10. The topological polar surface area (TPSA) is 56.3 Å². The molecule has 0 bridgehead atoms. The van der Waals surface area contributed by atoms with Crippen molar-refractivity contribution >= 4 is 0 Å². The fourth-order valence-electron chi connectivity index (χ4n) is 3.08. The number of fused-ring (bicyclic) bond motifs is 1. The Labute approximate surface area is 108 Å². The number of aromatic nitrogens is 2. The van der Waals surface area contributed by atoms with E-state index in [0.29, 0.717) is 6.04 Å². The van der Waals surface area contributed by atoms with Crippen LogP contribution in [0.2, 0.25) is 0 Å². The number of hydrogen-bond acceptors (Lipinski definition) is 4. The Balaban J connectivity index is 1.64. The molecule has 5 nitrogen and oxygen atoms in total. The molecule has 2 fully saturated rings. The van der Waals surface area contributed by atoms with Crippen molar-refractivity contribution in [1.29, 1.82) is 0 Å². The smallest absolute Gasteiger partial charge is 0.0949 e. The van der Waals surface area contributed by atoms with Gasteiger partial charge in [-0.2, -0.15) is 0 Å². The molecule has 1 aromatic heterocycles. The third-order valence-corrected chi connectivity index (χ3v) is 4.07. The predicted octanol–water partition coefficient (Wildman–Crippen LogP) is 0.766. The van der Waals surface area contributed by atoms with Crippen LogP contribution in [0, 0.1) is 0 Å². The van der Waals surface area contributed by atoms with Crippen LogP contribution in [-0.2, 0) is 11.3 Å². The Morgan fingerprint density at radius 2 is 2.50 bits per heavy atom. The van der Waals surface area contributed by atoms with Gasteiger partial charge in [-0.05, 0) is 26.3 Å². The number of hydrogen-bond donors (Lipinski definition) is 1. The maximum absolute atomic E-state index is 5.97. The van der Waals surface area contributed by atoms with Crippen LogP contribution in [0.3, 0.4) is 0 Å². The van der Waals surface area contributed by atoms with Gasteiger partial charge in [-0.1, -0.05) is 0 Å². The third-order valence-electron chi connectivity index (χ3n) is 4.07. The van der Waals surface area contributed by atoms with Crippen molar-refractivity contribution in [1.82, 2.24) is 14.5 Å². The van der Waals surface area contributed by atoms with Crippen LogP contribution in [0.25, 0.3) is 0 Å². The van der Waals surface area contributed by atoms with Gasteiger partial charge in [0, 0.05) is 24.8 Å². The molecule has 2 saturated heterocycles. The fraction of sp³-hybridized carbons (Fsp3) is 0.769. The van der Waals surface area contributed by atoms with Crippen molar-refractivity contribution in [3.8, 4) is 0 Å². The van der Waals surface area contributed by atoms with Crippen molar-refractivity contribution in [2.75, 3.05) is 19.7 Å². The zero-order chi connectivity index (χ0) is 12.5. The minimum atomic E-state index is 0.0237. The van der Waals surface area contributed by atoms with Gasteiger partial charge in [0.25, 0.3) is 0 Å². The monoisotopic (exact) mass is 250 g/mol. The summed E-state index contributed by atoms with van der Waals surface area (Å²) in [4.78, 5) is 6.76. The highest BCUT2D eigenvalue weighted by Crippen LogP contribution is 2.23. The average molecular weight is 250 g/mol. The molecule has 0 aromatic carbocycles. The summed E-state index contributed by atoms with van der Waals surface area (Å²) in [6.45, 7) is 6.01. The molecule has 0 radical (unpaired) electrons. The minimum Gasteiger partial charge on any atom is -0.373 e. The molecule has 2 aliphatic rings. The minimum absolute atomic E-state index is 0.0237. The molecule has 18 heavy (non-hydrogen) atoms. The maximum Gasteiger partial charge on any atom is 0.0949 e. The predicted molar refractivity (Wildman–Crippen MR) is 69.2 cm³/mol. The lowest BCUT2D eigenvalue weighted by atomic mass is 10.2. The molecular weight excluding hydrogens is 228 g/mol. The number of nitrogens with two attached hydrogens (primary N) is 1. The molecule has 3 atom stereocenters. The normalized spacial score (nSPS) is 30.3. The summed E-state index contributed by atoms with van der Waals surface area (Å²) in [7, 11) is 0. The Kier molecular flexibility index (Phi) is 3.37. The summed E-state index contributed by atoms with van der Waals surface area (Å²) in [6, 6.07) is 0.688. The summed E-state index contributed by atoms with van der Waals surface area (Å²) in [5.74, 6) is 0. The molecular formula is C13H22N4O. The number of ether oxygens (including phenoxy) is 1. The van der Waals surface area contributed by atoms with Crippen LogP contribution >= 0.6 is 0 Å². The van der Waals surface area contributed by atoms with E-state index in [0.717, 1.165) is 25.4 Å². The Hall–Kier alpha value is -0.910. The van der Waals surface area contributed by atoms with E-state index in [1.54, 1.807) is 0 Å². The van der Waals surface area contributed by atoms with Crippen molar-refractivity contribution in [3.63, 3.8) is 0 Å². The van der Waals surface area contributed by atoms with Gasteiger partial charge in [0.1, 0.15) is 0 Å². The molecule has 0 saturated carbocycles. The van der Waals surface area contributed by atoms with E-state index in [4.69, 9.17) is 10.5 Å². The van der Waals surface area contributed by atoms with E-state index < -0.39 is 0 Å². The van der Waals surface area contributed by atoms with E-state index >= 15 is 0 Å². The van der Waals surface area contributed by atoms with Crippen LogP contribution in [0.15, 0.2) is 12.5 Å². The van der Waals surface area contributed by atoms with Crippen LogP contribution in [0.1, 0.15) is 31.5 Å². The highest BCUT2D eigenvalue weighted by atomic mass is 16.5. The summed E-state index contributed by atoms with van der Waals surface area (Å²) in [5.41, 5.74) is 7.02. The first-order chi connectivity index (χ1) is 8.74. The number of imidazole rings is 1. The molecule has 1 aromatic rings. The van der Waals surface area contributed by atoms with Crippen molar-refractivity contribution < 1.29 is 4.74 Å². The molecule has 5 heteroatoms. The van der Waals surface area contributed by atoms with Gasteiger partial charge in [0.15, 0.2) is 0 Å². The molecule has 100 valence electrons. The van der Waals surface area contributed by atoms with Gasteiger partial charge in [-0.25, -0.2) is 4.98 Å². The maximum atomic E-state index is 5.97. The van der Waals surface area contributed by atoms with Gasteiger partial charge < -0.3 is 15.0 Å². The largest absolute Gasteiger partial charge is 0.373 e. The quantitative estimate of drug-likeness (QED) is 0.861. The molecule has 2 aliphatic heterocycles. The van der Waals surface area contributed by atoms with Gasteiger partial charge >= 0.3 is 0 Å². The second-order valence-electron chi connectivity index (χ2n) is 5.51. The van der Waals surface area contributed by atoms with Crippen molar-refractivity contribution in [2.24, 2.45) is 5.73 Å². The molecule has 2 N–H and O–H groups in total. The highest BCUT2D eigenvalue weighted by Gasteiger charge is 2.32. The van der Waals surface area contributed by atoms with Crippen LogP contribution < -0.4 is 5.73 Å². The number of rotatable bonds is 3. The standard InChI is InChI=1S/C13H22N4O/c1-10(14)13-5-15-9-17(13)7-12-6-16-4-2-3-11(16)8-18-12/h5,9-12H,2-4,6-8,14H2,1H3/t10-,11?,12?/m1/s1. The van der Waals surface area contributed by atoms with Crippen LogP contribution in [0.4, 0.5) is 0 Å². The first-order valence-corrected chi connectivity index (χ1v) is 6.85. The fourth-order valence-corrected chi connectivity index (χ4v) is 3.08. The van der Waals surface area contributed by atoms with Crippen LogP contribution in [0.5, 0.6) is 0 Å². The lowest BCUT2D eigenvalue weighted by Crippen LogP contribution is -2.47. The lowest BCUT2D eigenvalue weighted by Gasteiger charge is -2.35. The summed E-state index contributed by atoms with van der Waals surface area (Å²) >= 11 is 0. The number of nitrogens with zero attached hydrogens (tertiary/aromatic N) is 3. The molecule has 3 rings (SSSR count). The zero-order valence-corrected chi connectivity index (χ0v) is 11.0. The van der Waals surface area contributed by atoms with Gasteiger partial charge in [0.05, 0.1) is 31.3 Å². The number of morpholine rings is 1.